The normalized spacial score (nSPS) is 12.9. The first-order chi connectivity index (χ1) is 16.1. The Bertz CT molecular complexity index is 621. The van der Waals surface area contributed by atoms with Gasteiger partial charge in [0, 0.05) is 0 Å². The lowest BCUT2D eigenvalue weighted by atomic mass is 10.0. The molecule has 0 spiro atoms. The Balaban J connectivity index is 0. The average Bonchev–Trinajstić information content (AvgIpc) is 2.74. The quantitative estimate of drug-likeness (QED) is 0.103. The highest BCUT2D eigenvalue weighted by molar-refractivity contribution is 7.81. The molecule has 0 saturated carbocycles. The van der Waals surface area contributed by atoms with Crippen LogP contribution >= 0.6 is 0 Å². The van der Waals surface area contributed by atoms with Crippen LogP contribution < -0.4 is 0 Å². The van der Waals surface area contributed by atoms with Crippen molar-refractivity contribution in [3.63, 3.8) is 0 Å². The summed E-state index contributed by atoms with van der Waals surface area (Å²) in [4.78, 5) is 0. The molecule has 1 unspecified atom stereocenters. The molecule has 34 heavy (non-hydrogen) atoms. The van der Waals surface area contributed by atoms with Crippen molar-refractivity contribution in [2.75, 3.05) is 6.61 Å². The van der Waals surface area contributed by atoms with Crippen LogP contribution in [-0.4, -0.2) is 38.7 Å². The van der Waals surface area contributed by atoms with Crippen LogP contribution in [0.3, 0.4) is 0 Å². The van der Waals surface area contributed by atoms with Gasteiger partial charge in [-0.15, -0.1) is 0 Å². The molecule has 1 atom stereocenters. The van der Waals surface area contributed by atoms with E-state index in [1.807, 2.05) is 6.92 Å². The van der Waals surface area contributed by atoms with Gasteiger partial charge in [0.2, 0.25) is 0 Å². The van der Waals surface area contributed by atoms with Gasteiger partial charge in [-0.3, -0.25) is 9.11 Å². The summed E-state index contributed by atoms with van der Waals surface area (Å²) < 4.78 is 67.7. The van der Waals surface area contributed by atoms with Gasteiger partial charge in [-0.05, 0) is 19.3 Å². The minimum Gasteiger partial charge on any atom is -0.264 e. The first-order valence-electron chi connectivity index (χ1n) is 13.3. The van der Waals surface area contributed by atoms with E-state index >= 15 is 0 Å². The summed E-state index contributed by atoms with van der Waals surface area (Å²) >= 11 is 0. The second-order valence-corrected chi connectivity index (χ2v) is 11.1. The van der Waals surface area contributed by atoms with Gasteiger partial charge >= 0.3 is 20.8 Å². The fraction of sp³-hybridized carbons (Fsp3) is 1.00. The second kappa shape index (κ2) is 24.4. The summed E-state index contributed by atoms with van der Waals surface area (Å²) in [7, 11) is -8.54. The molecular formula is C24H52O8S2. The lowest BCUT2D eigenvalue weighted by molar-refractivity contribution is 0.158. The highest BCUT2D eigenvalue weighted by Crippen LogP contribution is 2.16. The Labute approximate surface area is 210 Å². The Morgan fingerprint density at radius 1 is 0.529 bits per heavy atom. The molecule has 0 aromatic heterocycles. The number of hydrogen-bond donors (Lipinski definition) is 2. The number of hydrogen-bond acceptors (Lipinski definition) is 6. The second-order valence-electron chi connectivity index (χ2n) is 8.92. The molecular weight excluding hydrogens is 480 g/mol. The molecule has 0 heterocycles. The molecule has 0 saturated heterocycles. The minimum atomic E-state index is -4.30. The van der Waals surface area contributed by atoms with Gasteiger partial charge < -0.3 is 0 Å². The Morgan fingerprint density at radius 3 is 1.32 bits per heavy atom. The summed E-state index contributed by atoms with van der Waals surface area (Å²) in [5, 5.41) is 0. The van der Waals surface area contributed by atoms with Crippen molar-refractivity contribution < 1.29 is 34.3 Å². The largest absolute Gasteiger partial charge is 0.397 e. The minimum absolute atomic E-state index is 0.0926. The van der Waals surface area contributed by atoms with E-state index in [-0.39, 0.29) is 12.7 Å². The highest BCUT2D eigenvalue weighted by atomic mass is 32.3. The molecule has 10 heteroatoms. The molecule has 208 valence electrons. The van der Waals surface area contributed by atoms with Crippen molar-refractivity contribution >= 4 is 20.8 Å². The predicted molar refractivity (Wildman–Crippen MR) is 139 cm³/mol. The number of rotatable bonds is 23. The molecule has 0 fully saturated rings. The van der Waals surface area contributed by atoms with Crippen molar-refractivity contribution in [2.24, 2.45) is 0 Å². The molecule has 8 nitrogen and oxygen atoms in total. The van der Waals surface area contributed by atoms with E-state index in [4.69, 9.17) is 9.11 Å². The van der Waals surface area contributed by atoms with Crippen LogP contribution in [-0.2, 0) is 29.2 Å². The fourth-order valence-corrected chi connectivity index (χ4v) is 4.44. The van der Waals surface area contributed by atoms with Gasteiger partial charge in [-0.2, -0.15) is 16.8 Å². The maximum Gasteiger partial charge on any atom is 0.397 e. The Kier molecular flexibility index (Phi) is 25.8. The standard InChI is InChI=1S/2C12H26O4S/c1-3-5-7-8-9-11-12(10-6-4-2)16-17(13,14)15;1-2-3-4-5-6-7-8-9-10-11-12-16-17(13,14)15/h12H,3-11H2,1-2H3,(H,13,14,15);2-12H2,1H3,(H,13,14,15). The summed E-state index contributed by atoms with van der Waals surface area (Å²) in [6, 6.07) is 0. The Hall–Kier alpha value is -0.260. The first-order valence-corrected chi connectivity index (χ1v) is 16.1. The molecule has 0 aromatic rings. The SMILES string of the molecule is CCCCCCCC(CCCC)OS(=O)(=O)O.CCCCCCCCCCCCOS(=O)(=O)O. The van der Waals surface area contributed by atoms with Crippen molar-refractivity contribution in [1.29, 1.82) is 0 Å². The molecule has 0 aliphatic rings. The zero-order valence-corrected chi connectivity index (χ0v) is 23.5. The van der Waals surface area contributed by atoms with Crippen LogP contribution in [0.15, 0.2) is 0 Å². The van der Waals surface area contributed by atoms with Crippen LogP contribution in [0.25, 0.3) is 0 Å². The molecule has 0 bridgehead atoms. The number of unbranched alkanes of at least 4 members (excludes halogenated alkanes) is 14. The third-order valence-electron chi connectivity index (χ3n) is 5.50. The van der Waals surface area contributed by atoms with Crippen LogP contribution in [0.4, 0.5) is 0 Å². The van der Waals surface area contributed by atoms with Crippen molar-refractivity contribution in [1.82, 2.24) is 0 Å². The van der Waals surface area contributed by atoms with Crippen LogP contribution in [0, 0.1) is 0 Å². The molecule has 0 rings (SSSR count). The maximum atomic E-state index is 10.7. The van der Waals surface area contributed by atoms with E-state index < -0.39 is 20.8 Å². The summed E-state index contributed by atoms with van der Waals surface area (Å²) in [6.07, 6.45) is 20.5. The van der Waals surface area contributed by atoms with Crippen molar-refractivity contribution in [3.8, 4) is 0 Å². The summed E-state index contributed by atoms with van der Waals surface area (Å²) in [6.45, 7) is 6.52. The Morgan fingerprint density at radius 2 is 0.912 bits per heavy atom. The highest BCUT2D eigenvalue weighted by Gasteiger charge is 2.16. The first kappa shape index (κ1) is 35.9. The lowest BCUT2D eigenvalue weighted by Crippen LogP contribution is -2.18. The zero-order chi connectivity index (χ0) is 26.1. The van der Waals surface area contributed by atoms with Gasteiger partial charge in [-0.25, -0.2) is 8.37 Å². The van der Waals surface area contributed by atoms with E-state index in [1.165, 1.54) is 64.2 Å². The van der Waals surface area contributed by atoms with Crippen LogP contribution in [0.2, 0.25) is 0 Å². The molecule has 0 radical (unpaired) electrons. The van der Waals surface area contributed by atoms with Crippen LogP contribution in [0.1, 0.15) is 143 Å². The molecule has 2 N–H and O–H groups in total. The van der Waals surface area contributed by atoms with E-state index in [0.717, 1.165) is 38.5 Å². The summed E-state index contributed by atoms with van der Waals surface area (Å²) in [5.41, 5.74) is 0. The maximum absolute atomic E-state index is 10.7. The monoisotopic (exact) mass is 532 g/mol. The molecule has 0 aliphatic carbocycles. The van der Waals surface area contributed by atoms with E-state index in [9.17, 15) is 16.8 Å². The average molecular weight is 533 g/mol. The molecule has 0 aromatic carbocycles. The summed E-state index contributed by atoms with van der Waals surface area (Å²) in [5.74, 6) is 0. The van der Waals surface area contributed by atoms with E-state index in [1.54, 1.807) is 0 Å². The van der Waals surface area contributed by atoms with Crippen molar-refractivity contribution in [3.05, 3.63) is 0 Å². The van der Waals surface area contributed by atoms with Gasteiger partial charge in [0.1, 0.15) is 0 Å². The zero-order valence-electron chi connectivity index (χ0n) is 21.9. The van der Waals surface area contributed by atoms with Gasteiger partial charge in [-0.1, -0.05) is 124 Å². The topological polar surface area (TPSA) is 127 Å². The van der Waals surface area contributed by atoms with E-state index in [2.05, 4.69) is 22.2 Å². The third-order valence-corrected chi connectivity index (χ3v) is 6.48. The smallest absolute Gasteiger partial charge is 0.264 e. The van der Waals surface area contributed by atoms with Gasteiger partial charge in [0.25, 0.3) is 0 Å². The predicted octanol–water partition coefficient (Wildman–Crippen LogP) is 7.45. The fourth-order valence-electron chi connectivity index (χ4n) is 3.57. The van der Waals surface area contributed by atoms with Gasteiger partial charge in [0.05, 0.1) is 12.7 Å². The van der Waals surface area contributed by atoms with Gasteiger partial charge in [0.15, 0.2) is 0 Å². The molecule has 0 aliphatic heterocycles. The van der Waals surface area contributed by atoms with Crippen LogP contribution in [0.5, 0.6) is 0 Å². The van der Waals surface area contributed by atoms with E-state index in [0.29, 0.717) is 19.3 Å². The lowest BCUT2D eigenvalue weighted by Gasteiger charge is -2.14. The third kappa shape index (κ3) is 33.9. The van der Waals surface area contributed by atoms with Crippen molar-refractivity contribution in [2.45, 2.75) is 149 Å². The molecule has 0 amide bonds.